The van der Waals surface area contributed by atoms with E-state index < -0.39 is 0 Å². The van der Waals surface area contributed by atoms with Gasteiger partial charge in [0, 0.05) is 10.4 Å². The molecule has 0 saturated carbocycles. The predicted molar refractivity (Wildman–Crippen MR) is 94.2 cm³/mol. The lowest BCUT2D eigenvalue weighted by atomic mass is 10.1. The van der Waals surface area contributed by atoms with Gasteiger partial charge in [-0.1, -0.05) is 12.1 Å². The van der Waals surface area contributed by atoms with Crippen LogP contribution in [0.5, 0.6) is 5.75 Å². The average Bonchev–Trinajstić information content (AvgIpc) is 3.28. The third-order valence-corrected chi connectivity index (χ3v) is 4.39. The van der Waals surface area contributed by atoms with Gasteiger partial charge in [-0.05, 0) is 48.7 Å². The van der Waals surface area contributed by atoms with Gasteiger partial charge in [-0.15, -0.1) is 11.3 Å². The third-order valence-electron chi connectivity index (χ3n) is 3.53. The van der Waals surface area contributed by atoms with Gasteiger partial charge in [-0.3, -0.25) is 4.79 Å². The first-order chi connectivity index (χ1) is 11.8. The van der Waals surface area contributed by atoms with Crippen LogP contribution in [0, 0.1) is 0 Å². The zero-order chi connectivity index (χ0) is 16.8. The molecule has 0 atom stereocenters. The SMILES string of the molecule is CCOc1cccc(C(=O)N(Cc2ccco2)Cc2cccs2)c1. The number of benzene rings is 1. The summed E-state index contributed by atoms with van der Waals surface area (Å²) in [5.41, 5.74) is 0.615. The Morgan fingerprint density at radius 1 is 1.17 bits per heavy atom. The first-order valence-electron chi connectivity index (χ1n) is 7.83. The molecule has 0 bridgehead atoms. The number of thiophene rings is 1. The summed E-state index contributed by atoms with van der Waals surface area (Å²) in [5, 5.41) is 2.01. The van der Waals surface area contributed by atoms with Crippen molar-refractivity contribution in [2.75, 3.05) is 6.61 Å². The minimum Gasteiger partial charge on any atom is -0.494 e. The fourth-order valence-electron chi connectivity index (χ4n) is 2.45. The molecule has 0 fully saturated rings. The molecule has 0 saturated heterocycles. The van der Waals surface area contributed by atoms with Gasteiger partial charge in [0.25, 0.3) is 5.91 Å². The van der Waals surface area contributed by atoms with Crippen molar-refractivity contribution >= 4 is 17.2 Å². The zero-order valence-corrected chi connectivity index (χ0v) is 14.3. The first-order valence-corrected chi connectivity index (χ1v) is 8.71. The standard InChI is InChI=1S/C19H19NO3S/c1-2-22-16-7-3-6-15(12-16)19(21)20(13-17-8-4-10-23-17)14-18-9-5-11-24-18/h3-12H,2,13-14H2,1H3. The molecule has 0 N–H and O–H groups in total. The number of hydrogen-bond acceptors (Lipinski definition) is 4. The summed E-state index contributed by atoms with van der Waals surface area (Å²) in [6, 6.07) is 15.0. The van der Waals surface area contributed by atoms with Crippen LogP contribution in [0.1, 0.15) is 27.9 Å². The minimum absolute atomic E-state index is 0.0404. The Bertz CT molecular complexity index is 730. The Labute approximate surface area is 145 Å². The van der Waals surface area contributed by atoms with E-state index in [1.807, 2.05) is 54.8 Å². The molecule has 0 aliphatic rings. The number of ether oxygens (including phenoxy) is 1. The lowest BCUT2D eigenvalue weighted by Gasteiger charge is -2.21. The molecule has 3 rings (SSSR count). The highest BCUT2D eigenvalue weighted by Crippen LogP contribution is 2.20. The van der Waals surface area contributed by atoms with Gasteiger partial charge in [0.05, 0.1) is 26.0 Å². The van der Waals surface area contributed by atoms with Crippen molar-refractivity contribution in [3.05, 3.63) is 76.4 Å². The second-order valence-electron chi connectivity index (χ2n) is 5.28. The van der Waals surface area contributed by atoms with Crippen molar-refractivity contribution in [2.45, 2.75) is 20.0 Å². The summed E-state index contributed by atoms with van der Waals surface area (Å²) in [5.74, 6) is 1.43. The molecule has 2 aromatic heterocycles. The molecule has 3 aromatic rings. The number of carbonyl (C=O) groups excluding carboxylic acids is 1. The second-order valence-corrected chi connectivity index (χ2v) is 6.31. The third kappa shape index (κ3) is 4.06. The topological polar surface area (TPSA) is 42.7 Å². The molecule has 0 spiro atoms. The summed E-state index contributed by atoms with van der Waals surface area (Å²) in [6.45, 7) is 3.48. The fourth-order valence-corrected chi connectivity index (χ4v) is 3.17. The molecular formula is C19H19NO3S. The van der Waals surface area contributed by atoms with Crippen LogP contribution in [-0.2, 0) is 13.1 Å². The van der Waals surface area contributed by atoms with E-state index in [4.69, 9.17) is 9.15 Å². The van der Waals surface area contributed by atoms with Gasteiger partial charge >= 0.3 is 0 Å². The molecule has 24 heavy (non-hydrogen) atoms. The van der Waals surface area contributed by atoms with Crippen LogP contribution in [0.3, 0.4) is 0 Å². The van der Waals surface area contributed by atoms with E-state index in [1.54, 1.807) is 28.6 Å². The quantitative estimate of drug-likeness (QED) is 0.631. The van der Waals surface area contributed by atoms with Gasteiger partial charge in [0.2, 0.25) is 0 Å². The summed E-state index contributed by atoms with van der Waals surface area (Å²) in [4.78, 5) is 15.9. The van der Waals surface area contributed by atoms with Crippen molar-refractivity contribution in [2.24, 2.45) is 0 Å². The monoisotopic (exact) mass is 341 g/mol. The van der Waals surface area contributed by atoms with Crippen LogP contribution in [0.25, 0.3) is 0 Å². The van der Waals surface area contributed by atoms with Crippen LogP contribution in [0.15, 0.2) is 64.6 Å². The molecule has 0 aliphatic carbocycles. The molecule has 4 nitrogen and oxygen atoms in total. The molecule has 0 unspecified atom stereocenters. The van der Waals surface area contributed by atoms with Crippen LogP contribution >= 0.6 is 11.3 Å². The number of hydrogen-bond donors (Lipinski definition) is 0. The molecule has 1 amide bonds. The maximum Gasteiger partial charge on any atom is 0.254 e. The number of carbonyl (C=O) groups is 1. The Morgan fingerprint density at radius 2 is 2.08 bits per heavy atom. The van der Waals surface area contributed by atoms with Crippen molar-refractivity contribution in [3.63, 3.8) is 0 Å². The Hall–Kier alpha value is -2.53. The molecule has 1 aromatic carbocycles. The predicted octanol–water partition coefficient (Wildman–Crippen LogP) is 4.58. The average molecular weight is 341 g/mol. The molecule has 2 heterocycles. The van der Waals surface area contributed by atoms with Crippen LogP contribution in [-0.4, -0.2) is 17.4 Å². The fraction of sp³-hybridized carbons (Fsp3) is 0.211. The highest BCUT2D eigenvalue weighted by Gasteiger charge is 2.18. The van der Waals surface area contributed by atoms with E-state index in [2.05, 4.69) is 0 Å². The van der Waals surface area contributed by atoms with Crippen LogP contribution < -0.4 is 4.74 Å². The van der Waals surface area contributed by atoms with Gasteiger partial charge in [0.15, 0.2) is 0 Å². The van der Waals surface area contributed by atoms with Crippen molar-refractivity contribution in [1.82, 2.24) is 4.90 Å². The zero-order valence-electron chi connectivity index (χ0n) is 13.5. The maximum atomic E-state index is 13.0. The van der Waals surface area contributed by atoms with E-state index in [-0.39, 0.29) is 5.91 Å². The van der Waals surface area contributed by atoms with E-state index in [0.29, 0.717) is 31.0 Å². The number of amides is 1. The summed E-state index contributed by atoms with van der Waals surface area (Å²) >= 11 is 1.64. The lowest BCUT2D eigenvalue weighted by molar-refractivity contribution is 0.0719. The maximum absolute atomic E-state index is 13.0. The van der Waals surface area contributed by atoms with Gasteiger partial charge in [-0.2, -0.15) is 0 Å². The van der Waals surface area contributed by atoms with Crippen molar-refractivity contribution in [3.8, 4) is 5.75 Å². The summed E-state index contributed by atoms with van der Waals surface area (Å²) < 4.78 is 10.9. The number of rotatable bonds is 7. The Morgan fingerprint density at radius 3 is 2.79 bits per heavy atom. The van der Waals surface area contributed by atoms with Crippen LogP contribution in [0.4, 0.5) is 0 Å². The lowest BCUT2D eigenvalue weighted by Crippen LogP contribution is -2.29. The first kappa shape index (κ1) is 16.3. The summed E-state index contributed by atoms with van der Waals surface area (Å²) in [6.07, 6.45) is 1.62. The Balaban J connectivity index is 1.83. The van der Waals surface area contributed by atoms with Gasteiger partial charge < -0.3 is 14.1 Å². The highest BCUT2D eigenvalue weighted by atomic mass is 32.1. The summed E-state index contributed by atoms with van der Waals surface area (Å²) in [7, 11) is 0. The molecule has 5 heteroatoms. The van der Waals surface area contributed by atoms with E-state index in [9.17, 15) is 4.79 Å². The number of furan rings is 1. The normalized spacial score (nSPS) is 10.5. The van der Waals surface area contributed by atoms with Crippen molar-refractivity contribution in [1.29, 1.82) is 0 Å². The van der Waals surface area contributed by atoms with E-state index in [1.165, 1.54) is 0 Å². The molecular weight excluding hydrogens is 322 g/mol. The second kappa shape index (κ2) is 7.84. The molecule has 124 valence electrons. The van der Waals surface area contributed by atoms with Crippen LogP contribution in [0.2, 0.25) is 0 Å². The minimum atomic E-state index is -0.0404. The van der Waals surface area contributed by atoms with Crippen molar-refractivity contribution < 1.29 is 13.9 Å². The largest absolute Gasteiger partial charge is 0.494 e. The van der Waals surface area contributed by atoms with Gasteiger partial charge in [-0.25, -0.2) is 0 Å². The molecule has 0 aliphatic heterocycles. The van der Waals surface area contributed by atoms with Gasteiger partial charge in [0.1, 0.15) is 11.5 Å². The highest BCUT2D eigenvalue weighted by molar-refractivity contribution is 7.09. The van der Waals surface area contributed by atoms with E-state index >= 15 is 0 Å². The molecule has 0 radical (unpaired) electrons. The smallest absolute Gasteiger partial charge is 0.254 e. The van der Waals surface area contributed by atoms with E-state index in [0.717, 1.165) is 10.6 Å². The number of nitrogens with zero attached hydrogens (tertiary/aromatic N) is 1. The Kier molecular flexibility index (Phi) is 5.33.